The van der Waals surface area contributed by atoms with Crippen LogP contribution in [0.5, 0.6) is 0 Å². The van der Waals surface area contributed by atoms with Crippen molar-refractivity contribution in [1.82, 2.24) is 24.9 Å². The van der Waals surface area contributed by atoms with Crippen molar-refractivity contribution in [3.8, 4) is 79.2 Å². The Bertz CT molecular complexity index is 3110. The lowest BCUT2D eigenvalue weighted by molar-refractivity contribution is 0.665. The van der Waals surface area contributed by atoms with E-state index in [1.165, 1.54) is 27.8 Å². The van der Waals surface area contributed by atoms with Crippen molar-refractivity contribution in [2.45, 2.75) is 26.2 Å². The third-order valence-electron chi connectivity index (χ3n) is 11.9. The second-order valence-electron chi connectivity index (χ2n) is 16.3. The van der Waals surface area contributed by atoms with E-state index in [4.69, 9.17) is 24.9 Å². The maximum atomic E-state index is 5.21. The van der Waals surface area contributed by atoms with E-state index < -0.39 is 0 Å². The van der Waals surface area contributed by atoms with Crippen molar-refractivity contribution in [2.24, 2.45) is 0 Å². The van der Waals surface area contributed by atoms with Crippen LogP contribution in [0.15, 0.2) is 200 Å². The second kappa shape index (κ2) is 15.9. The Morgan fingerprint density at radius 1 is 0.403 bits per heavy atom. The molecular formula is C57H43N5. The van der Waals surface area contributed by atoms with Gasteiger partial charge in [0.1, 0.15) is 0 Å². The van der Waals surface area contributed by atoms with Crippen molar-refractivity contribution in [2.75, 3.05) is 0 Å². The third-order valence-corrected chi connectivity index (χ3v) is 11.9. The molecule has 62 heavy (non-hydrogen) atoms. The summed E-state index contributed by atoms with van der Waals surface area (Å²) >= 11 is 0. The van der Waals surface area contributed by atoms with Crippen LogP contribution in [0.3, 0.4) is 0 Å². The number of aromatic nitrogens is 5. The summed E-state index contributed by atoms with van der Waals surface area (Å²) in [6.07, 6.45) is 2.31. The van der Waals surface area contributed by atoms with Gasteiger partial charge in [-0.25, -0.2) is 24.9 Å². The molecule has 10 rings (SSSR count). The molecule has 0 atom stereocenters. The topological polar surface area (TPSA) is 64.5 Å². The largest absolute Gasteiger partial charge is 0.228 e. The molecule has 296 valence electrons. The van der Waals surface area contributed by atoms with E-state index in [0.29, 0.717) is 23.3 Å². The standard InChI is InChI=1S/C57H43N5/c1-37-18-14-15-25-42(37)34-49-38(2)48-31-30-46(35-50(48)57(49,3)4)52-36-51(58-53(59-52)39-19-8-5-9-20-39)45-28-16-26-43(32-45)44-27-17-29-47(33-44)56-61-54(40-21-10-6-11-22-40)60-55(62-56)41-23-12-7-13-24-41/h5-36H,2H2,1,3-4H3/b49-34+. The van der Waals surface area contributed by atoms with E-state index in [1.54, 1.807) is 0 Å². The highest BCUT2D eigenvalue weighted by atomic mass is 15.0. The quantitative estimate of drug-likeness (QED) is 0.153. The van der Waals surface area contributed by atoms with Crippen LogP contribution >= 0.6 is 0 Å². The number of fused-ring (bicyclic) bond motifs is 1. The summed E-state index contributed by atoms with van der Waals surface area (Å²) in [6, 6.07) is 64.6. The van der Waals surface area contributed by atoms with E-state index in [2.05, 4.69) is 143 Å². The van der Waals surface area contributed by atoms with Gasteiger partial charge in [-0.15, -0.1) is 0 Å². The van der Waals surface area contributed by atoms with Gasteiger partial charge in [-0.2, -0.15) is 0 Å². The Labute approximate surface area is 363 Å². The summed E-state index contributed by atoms with van der Waals surface area (Å²) < 4.78 is 0. The first-order valence-corrected chi connectivity index (χ1v) is 20.9. The first kappa shape index (κ1) is 38.3. The molecule has 0 bridgehead atoms. The van der Waals surface area contributed by atoms with Gasteiger partial charge >= 0.3 is 0 Å². The zero-order valence-corrected chi connectivity index (χ0v) is 34.9. The van der Waals surface area contributed by atoms with Crippen molar-refractivity contribution in [3.05, 3.63) is 222 Å². The maximum Gasteiger partial charge on any atom is 0.164 e. The minimum atomic E-state index is -0.251. The summed E-state index contributed by atoms with van der Waals surface area (Å²) in [4.78, 5) is 25.3. The highest BCUT2D eigenvalue weighted by molar-refractivity contribution is 5.94. The lowest BCUT2D eigenvalue weighted by atomic mass is 9.80. The number of nitrogens with zero attached hydrogens (tertiary/aromatic N) is 5. The number of rotatable bonds is 8. The molecule has 1 aliphatic rings. The number of benzene rings is 7. The van der Waals surface area contributed by atoms with Crippen LogP contribution in [-0.2, 0) is 5.41 Å². The average Bonchev–Trinajstić information content (AvgIpc) is 3.52. The molecule has 1 aliphatic carbocycles. The van der Waals surface area contributed by atoms with E-state index in [1.807, 2.05) is 78.9 Å². The SMILES string of the molecule is C=C1/C(=C\c2ccccc2C)C(C)(C)c2cc(-c3cc(-c4cccc(-c5cccc(-c6nc(-c7ccccc7)nc(-c7ccccc7)n6)c5)c4)nc(-c4ccccc4)n3)ccc21. The minimum Gasteiger partial charge on any atom is -0.228 e. The van der Waals surface area contributed by atoms with E-state index in [-0.39, 0.29) is 5.41 Å². The molecule has 9 aromatic rings. The van der Waals surface area contributed by atoms with Crippen LogP contribution < -0.4 is 0 Å². The molecule has 5 nitrogen and oxygen atoms in total. The Balaban J connectivity index is 1.04. The highest BCUT2D eigenvalue weighted by Gasteiger charge is 2.37. The van der Waals surface area contributed by atoms with Crippen LogP contribution in [0.4, 0.5) is 0 Å². The molecule has 5 heteroatoms. The highest BCUT2D eigenvalue weighted by Crippen LogP contribution is 2.50. The van der Waals surface area contributed by atoms with E-state index in [9.17, 15) is 0 Å². The van der Waals surface area contributed by atoms with Gasteiger partial charge in [0.25, 0.3) is 0 Å². The third kappa shape index (κ3) is 7.35. The molecule has 0 unspecified atom stereocenters. The van der Waals surface area contributed by atoms with Crippen LogP contribution in [0, 0.1) is 6.92 Å². The molecule has 2 aromatic heterocycles. The summed E-state index contributed by atoms with van der Waals surface area (Å²) in [5.41, 5.74) is 16.5. The van der Waals surface area contributed by atoms with Gasteiger partial charge in [0.15, 0.2) is 23.3 Å². The summed E-state index contributed by atoms with van der Waals surface area (Å²) in [5.74, 6) is 2.55. The fourth-order valence-corrected chi connectivity index (χ4v) is 8.42. The van der Waals surface area contributed by atoms with Crippen LogP contribution in [-0.4, -0.2) is 24.9 Å². The number of aryl methyl sites for hydroxylation is 1. The summed E-state index contributed by atoms with van der Waals surface area (Å²) in [7, 11) is 0. The monoisotopic (exact) mass is 797 g/mol. The van der Waals surface area contributed by atoms with Gasteiger partial charge in [-0.1, -0.05) is 190 Å². The lowest BCUT2D eigenvalue weighted by Crippen LogP contribution is -2.15. The number of hydrogen-bond acceptors (Lipinski definition) is 5. The zero-order chi connectivity index (χ0) is 42.2. The molecule has 7 aromatic carbocycles. The van der Waals surface area contributed by atoms with Gasteiger partial charge in [0.05, 0.1) is 11.4 Å². The fourth-order valence-electron chi connectivity index (χ4n) is 8.42. The van der Waals surface area contributed by atoms with Gasteiger partial charge in [-0.3, -0.25) is 0 Å². The van der Waals surface area contributed by atoms with Gasteiger partial charge in [-0.05, 0) is 75.7 Å². The zero-order valence-electron chi connectivity index (χ0n) is 34.9. The predicted molar refractivity (Wildman–Crippen MR) is 255 cm³/mol. The molecular weight excluding hydrogens is 755 g/mol. The summed E-state index contributed by atoms with van der Waals surface area (Å²) in [6.45, 7) is 11.3. The summed E-state index contributed by atoms with van der Waals surface area (Å²) in [5, 5.41) is 0. The number of allylic oxidation sites excluding steroid dienone is 2. The van der Waals surface area contributed by atoms with Crippen LogP contribution in [0.1, 0.15) is 36.1 Å². The Morgan fingerprint density at radius 3 is 1.40 bits per heavy atom. The minimum absolute atomic E-state index is 0.251. The first-order valence-electron chi connectivity index (χ1n) is 20.9. The molecule has 0 saturated heterocycles. The fraction of sp³-hybridized carbons (Fsp3) is 0.0702. The van der Waals surface area contributed by atoms with Gasteiger partial charge < -0.3 is 0 Å². The van der Waals surface area contributed by atoms with Crippen molar-refractivity contribution in [3.63, 3.8) is 0 Å². The normalized spacial score (nSPS) is 13.6. The van der Waals surface area contributed by atoms with Crippen LogP contribution in [0.25, 0.3) is 90.8 Å². The lowest BCUT2D eigenvalue weighted by Gasteiger charge is -2.23. The second-order valence-corrected chi connectivity index (χ2v) is 16.3. The number of hydrogen-bond donors (Lipinski definition) is 0. The van der Waals surface area contributed by atoms with Gasteiger partial charge in [0.2, 0.25) is 0 Å². The van der Waals surface area contributed by atoms with Gasteiger partial charge in [0, 0.05) is 38.8 Å². The molecule has 0 spiro atoms. The van der Waals surface area contributed by atoms with Crippen molar-refractivity contribution in [1.29, 1.82) is 0 Å². The first-order chi connectivity index (χ1) is 30.3. The molecule has 0 fully saturated rings. The smallest absolute Gasteiger partial charge is 0.164 e. The molecule has 0 N–H and O–H groups in total. The molecule has 0 aliphatic heterocycles. The van der Waals surface area contributed by atoms with Crippen molar-refractivity contribution >= 4 is 11.6 Å². The molecule has 2 heterocycles. The maximum absolute atomic E-state index is 5.21. The molecule has 0 radical (unpaired) electrons. The van der Waals surface area contributed by atoms with Crippen LogP contribution in [0.2, 0.25) is 0 Å². The molecule has 0 saturated carbocycles. The Kier molecular flexibility index (Phi) is 9.85. The molecule has 0 amide bonds. The Hall–Kier alpha value is -7.89. The average molecular weight is 798 g/mol. The predicted octanol–water partition coefficient (Wildman–Crippen LogP) is 14.0. The van der Waals surface area contributed by atoms with Crippen molar-refractivity contribution < 1.29 is 0 Å². The van der Waals surface area contributed by atoms with E-state index in [0.717, 1.165) is 61.5 Å². The Morgan fingerprint density at radius 2 is 0.839 bits per heavy atom. The van der Waals surface area contributed by atoms with E-state index >= 15 is 0 Å².